The number of guanidine groups is 1. The van der Waals surface area contributed by atoms with Gasteiger partial charge < -0.3 is 20.5 Å². The van der Waals surface area contributed by atoms with Crippen LogP contribution in [0, 0.1) is 13.8 Å². The van der Waals surface area contributed by atoms with Gasteiger partial charge in [-0.1, -0.05) is 6.07 Å². The second-order valence-corrected chi connectivity index (χ2v) is 6.91. The zero-order valence-electron chi connectivity index (χ0n) is 15.7. The van der Waals surface area contributed by atoms with Gasteiger partial charge in [0.1, 0.15) is 0 Å². The Morgan fingerprint density at radius 1 is 1.19 bits per heavy atom. The van der Waals surface area contributed by atoms with Crippen molar-refractivity contribution in [2.24, 2.45) is 10.7 Å². The van der Waals surface area contributed by atoms with Gasteiger partial charge in [-0.25, -0.2) is 4.98 Å². The minimum atomic E-state index is 0. The van der Waals surface area contributed by atoms with Crippen LogP contribution in [-0.2, 0) is 12.8 Å². The van der Waals surface area contributed by atoms with Crippen LogP contribution in [0.3, 0.4) is 0 Å². The maximum absolute atomic E-state index is 5.93. The summed E-state index contributed by atoms with van der Waals surface area (Å²) in [7, 11) is 3.27. The number of nitrogens with one attached hydrogen (secondary N) is 1. The predicted molar refractivity (Wildman–Crippen MR) is 118 cm³/mol. The molecule has 0 radical (unpaired) electrons. The largest absolute Gasteiger partial charge is 0.493 e. The molecule has 0 aliphatic carbocycles. The third-order valence-electron chi connectivity index (χ3n) is 3.79. The lowest BCUT2D eigenvalue weighted by Crippen LogP contribution is -2.33. The van der Waals surface area contributed by atoms with E-state index in [0.717, 1.165) is 40.6 Å². The second kappa shape index (κ2) is 11.2. The predicted octanol–water partition coefficient (Wildman–Crippen LogP) is 3.08. The van der Waals surface area contributed by atoms with Crippen molar-refractivity contribution in [3.05, 3.63) is 39.3 Å². The van der Waals surface area contributed by atoms with Gasteiger partial charge in [-0.3, -0.25) is 4.99 Å². The van der Waals surface area contributed by atoms with E-state index in [2.05, 4.69) is 15.3 Å². The minimum absolute atomic E-state index is 0. The normalized spacial score (nSPS) is 11.0. The Hall–Kier alpha value is -1.55. The van der Waals surface area contributed by atoms with E-state index in [0.29, 0.717) is 19.0 Å². The van der Waals surface area contributed by atoms with Gasteiger partial charge in [0.25, 0.3) is 0 Å². The minimum Gasteiger partial charge on any atom is -0.493 e. The fourth-order valence-electron chi connectivity index (χ4n) is 2.51. The van der Waals surface area contributed by atoms with Gasteiger partial charge in [-0.05, 0) is 38.0 Å². The van der Waals surface area contributed by atoms with Gasteiger partial charge in [-0.15, -0.1) is 35.3 Å². The van der Waals surface area contributed by atoms with E-state index in [1.54, 1.807) is 25.6 Å². The Kier molecular flexibility index (Phi) is 9.71. The van der Waals surface area contributed by atoms with Gasteiger partial charge in [0.05, 0.1) is 24.9 Å². The molecule has 0 saturated heterocycles. The molecule has 26 heavy (non-hydrogen) atoms. The molecule has 1 aromatic carbocycles. The van der Waals surface area contributed by atoms with Gasteiger partial charge in [-0.2, -0.15) is 0 Å². The zero-order valence-corrected chi connectivity index (χ0v) is 18.8. The van der Waals surface area contributed by atoms with Gasteiger partial charge >= 0.3 is 0 Å². The highest BCUT2D eigenvalue weighted by Gasteiger charge is 2.05. The van der Waals surface area contributed by atoms with Gasteiger partial charge in [0.2, 0.25) is 0 Å². The first-order valence-corrected chi connectivity index (χ1v) is 9.02. The molecule has 0 bridgehead atoms. The molecule has 144 valence electrons. The molecule has 0 aliphatic heterocycles. The average Bonchev–Trinajstić information content (AvgIpc) is 2.92. The summed E-state index contributed by atoms with van der Waals surface area (Å²) in [5, 5.41) is 4.24. The zero-order chi connectivity index (χ0) is 18.2. The quantitative estimate of drug-likeness (QED) is 0.338. The highest BCUT2D eigenvalue weighted by molar-refractivity contribution is 14.0. The molecule has 1 heterocycles. The monoisotopic (exact) mass is 490 g/mol. The Bertz CT molecular complexity index is 734. The lowest BCUT2D eigenvalue weighted by Gasteiger charge is -2.10. The first kappa shape index (κ1) is 22.5. The molecule has 0 aliphatic rings. The van der Waals surface area contributed by atoms with Crippen molar-refractivity contribution in [1.82, 2.24) is 10.3 Å². The number of ether oxygens (including phenoxy) is 2. The Balaban J connectivity index is 0.00000338. The molecule has 2 rings (SSSR count). The number of thiazole rings is 1. The van der Waals surface area contributed by atoms with Crippen LogP contribution in [0.15, 0.2) is 23.2 Å². The number of hydrogen-bond acceptors (Lipinski definition) is 5. The topological polar surface area (TPSA) is 81.8 Å². The summed E-state index contributed by atoms with van der Waals surface area (Å²) in [6.45, 7) is 5.43. The number of aliphatic imine (C=N–C) groups is 1. The van der Waals surface area contributed by atoms with E-state index < -0.39 is 0 Å². The molecule has 1 aromatic heterocycles. The molecule has 8 heteroatoms. The highest BCUT2D eigenvalue weighted by Crippen LogP contribution is 2.27. The van der Waals surface area contributed by atoms with Gasteiger partial charge in [0.15, 0.2) is 17.5 Å². The fourth-order valence-corrected chi connectivity index (χ4v) is 3.44. The molecular weight excluding hydrogens is 463 g/mol. The molecule has 2 aromatic rings. The average molecular weight is 490 g/mol. The number of benzene rings is 1. The van der Waals surface area contributed by atoms with E-state index >= 15 is 0 Å². The van der Waals surface area contributed by atoms with Crippen LogP contribution < -0.4 is 20.5 Å². The standard InChI is InChI=1S/C18H26N4O2S.HI/c1-12-17(25-13(2)22-12)8-10-21-18(19)20-9-7-14-5-6-15(23-3)16(11-14)24-4;/h5-6,11H,7-10H2,1-4H3,(H3,19,20,21);1H. The van der Waals surface area contributed by atoms with Crippen molar-refractivity contribution in [3.8, 4) is 11.5 Å². The number of nitrogens with two attached hydrogens (primary N) is 1. The fraction of sp³-hybridized carbons (Fsp3) is 0.444. The molecule has 3 N–H and O–H groups in total. The number of hydrogen-bond donors (Lipinski definition) is 2. The lowest BCUT2D eigenvalue weighted by molar-refractivity contribution is 0.354. The van der Waals surface area contributed by atoms with E-state index in [1.165, 1.54) is 4.88 Å². The molecule has 0 atom stereocenters. The van der Waals surface area contributed by atoms with Crippen LogP contribution in [0.5, 0.6) is 11.5 Å². The maximum atomic E-state index is 5.93. The molecule has 6 nitrogen and oxygen atoms in total. The van der Waals surface area contributed by atoms with Gasteiger partial charge in [0, 0.05) is 24.4 Å². The van der Waals surface area contributed by atoms with Crippen molar-refractivity contribution in [2.45, 2.75) is 26.7 Å². The molecule has 0 spiro atoms. The molecule has 0 unspecified atom stereocenters. The van der Waals surface area contributed by atoms with E-state index in [4.69, 9.17) is 15.2 Å². The second-order valence-electron chi connectivity index (χ2n) is 5.62. The summed E-state index contributed by atoms with van der Waals surface area (Å²) in [5.41, 5.74) is 8.17. The number of aromatic nitrogens is 1. The van der Waals surface area contributed by atoms with Crippen molar-refractivity contribution < 1.29 is 9.47 Å². The Morgan fingerprint density at radius 2 is 1.92 bits per heavy atom. The number of aryl methyl sites for hydroxylation is 2. The number of halogens is 1. The highest BCUT2D eigenvalue weighted by atomic mass is 127. The summed E-state index contributed by atoms with van der Waals surface area (Å²) >= 11 is 1.72. The van der Waals surface area contributed by atoms with Crippen molar-refractivity contribution in [2.75, 3.05) is 27.3 Å². The van der Waals surface area contributed by atoms with Crippen molar-refractivity contribution >= 4 is 41.3 Å². The Labute approximate surface area is 176 Å². The summed E-state index contributed by atoms with van der Waals surface area (Å²) < 4.78 is 10.6. The molecule has 0 saturated carbocycles. The summed E-state index contributed by atoms with van der Waals surface area (Å²) in [6.07, 6.45) is 1.69. The SMILES string of the molecule is COc1ccc(CCNC(N)=NCCc2sc(C)nc2C)cc1OC.I. The first-order chi connectivity index (χ1) is 12.0. The van der Waals surface area contributed by atoms with Crippen LogP contribution in [-0.4, -0.2) is 38.3 Å². The maximum Gasteiger partial charge on any atom is 0.188 e. The first-order valence-electron chi connectivity index (χ1n) is 8.21. The van der Waals surface area contributed by atoms with E-state index in [9.17, 15) is 0 Å². The van der Waals surface area contributed by atoms with Crippen LogP contribution in [0.2, 0.25) is 0 Å². The van der Waals surface area contributed by atoms with E-state index in [-0.39, 0.29) is 24.0 Å². The third-order valence-corrected chi connectivity index (χ3v) is 4.92. The third kappa shape index (κ3) is 6.64. The van der Waals surface area contributed by atoms with Crippen LogP contribution in [0.4, 0.5) is 0 Å². The molecular formula is C18H27IN4O2S. The summed E-state index contributed by atoms with van der Waals surface area (Å²) in [6, 6.07) is 5.90. The smallest absolute Gasteiger partial charge is 0.188 e. The molecule has 0 amide bonds. The van der Waals surface area contributed by atoms with E-state index in [1.807, 2.05) is 32.0 Å². The summed E-state index contributed by atoms with van der Waals surface area (Å²) in [4.78, 5) is 10.1. The number of nitrogens with zero attached hydrogens (tertiary/aromatic N) is 2. The molecule has 0 fully saturated rings. The van der Waals surface area contributed by atoms with Crippen molar-refractivity contribution in [3.63, 3.8) is 0 Å². The number of rotatable bonds is 8. The number of methoxy groups -OCH3 is 2. The van der Waals surface area contributed by atoms with Crippen LogP contribution in [0.1, 0.15) is 21.1 Å². The summed E-state index contributed by atoms with van der Waals surface area (Å²) in [5.74, 6) is 1.94. The van der Waals surface area contributed by atoms with Crippen LogP contribution in [0.25, 0.3) is 0 Å². The Morgan fingerprint density at radius 3 is 2.54 bits per heavy atom. The lowest BCUT2D eigenvalue weighted by atomic mass is 10.1. The van der Waals surface area contributed by atoms with Crippen LogP contribution >= 0.6 is 35.3 Å². The van der Waals surface area contributed by atoms with Crippen molar-refractivity contribution in [1.29, 1.82) is 0 Å².